The maximum absolute atomic E-state index is 5.04. The first-order valence-electron chi connectivity index (χ1n) is 3.01. The second-order valence-corrected chi connectivity index (χ2v) is 2.52. The summed E-state index contributed by atoms with van der Waals surface area (Å²) in [6.07, 6.45) is 2.72. The van der Waals surface area contributed by atoms with Gasteiger partial charge >= 0.3 is 0 Å². The molecule has 0 saturated heterocycles. The van der Waals surface area contributed by atoms with Crippen LogP contribution in [0.25, 0.3) is 0 Å². The number of hydrogen-bond donors (Lipinski definition) is 0. The highest BCUT2D eigenvalue weighted by atomic mass is 32.1. The quantitative estimate of drug-likeness (QED) is 0.643. The molecular formula is C8H8O2S. The van der Waals surface area contributed by atoms with E-state index in [1.807, 2.05) is 11.4 Å². The number of ether oxygens (including phenoxy) is 2. The average Bonchev–Trinajstić information content (AvgIpc) is 2.39. The standard InChI is InChI=1S/C8H8O2S/c1-3-9-7-5-6-11-8(7)10-4-2/h3-6H,1-2H2. The molecule has 1 aromatic rings. The van der Waals surface area contributed by atoms with Gasteiger partial charge < -0.3 is 9.47 Å². The van der Waals surface area contributed by atoms with E-state index in [2.05, 4.69) is 13.2 Å². The van der Waals surface area contributed by atoms with E-state index in [0.29, 0.717) is 10.8 Å². The van der Waals surface area contributed by atoms with Crippen molar-refractivity contribution >= 4 is 11.3 Å². The molecule has 0 amide bonds. The molecule has 1 rings (SSSR count). The third-order valence-corrected chi connectivity index (χ3v) is 1.78. The molecule has 0 aliphatic rings. The van der Waals surface area contributed by atoms with Crippen LogP contribution in [0.2, 0.25) is 0 Å². The molecular weight excluding hydrogens is 160 g/mol. The Morgan fingerprint density at radius 1 is 1.27 bits per heavy atom. The molecule has 2 nitrogen and oxygen atoms in total. The Balaban J connectivity index is 2.76. The Morgan fingerprint density at radius 3 is 2.64 bits per heavy atom. The first-order chi connectivity index (χ1) is 5.38. The van der Waals surface area contributed by atoms with Crippen molar-refractivity contribution in [3.63, 3.8) is 0 Å². The Hall–Kier alpha value is -1.22. The van der Waals surface area contributed by atoms with Gasteiger partial charge in [-0.2, -0.15) is 0 Å². The van der Waals surface area contributed by atoms with Gasteiger partial charge in [-0.1, -0.05) is 13.2 Å². The van der Waals surface area contributed by atoms with Crippen LogP contribution in [-0.2, 0) is 0 Å². The third-order valence-electron chi connectivity index (χ3n) is 0.996. The molecule has 0 N–H and O–H groups in total. The minimum Gasteiger partial charge on any atom is -0.461 e. The lowest BCUT2D eigenvalue weighted by Gasteiger charge is -1.98. The zero-order valence-corrected chi connectivity index (χ0v) is 6.76. The highest BCUT2D eigenvalue weighted by Crippen LogP contribution is 2.33. The summed E-state index contributed by atoms with van der Waals surface area (Å²) >= 11 is 1.45. The van der Waals surface area contributed by atoms with Gasteiger partial charge in [-0.15, -0.1) is 11.3 Å². The molecule has 0 saturated carbocycles. The lowest BCUT2D eigenvalue weighted by Crippen LogP contribution is -1.81. The van der Waals surface area contributed by atoms with Crippen molar-refractivity contribution in [1.29, 1.82) is 0 Å². The van der Waals surface area contributed by atoms with Crippen LogP contribution in [0.15, 0.2) is 37.1 Å². The summed E-state index contributed by atoms with van der Waals surface area (Å²) in [5, 5.41) is 2.57. The predicted molar refractivity (Wildman–Crippen MR) is 46.0 cm³/mol. The smallest absolute Gasteiger partial charge is 0.222 e. The fourth-order valence-corrected chi connectivity index (χ4v) is 1.29. The van der Waals surface area contributed by atoms with E-state index in [4.69, 9.17) is 9.47 Å². The summed E-state index contributed by atoms with van der Waals surface area (Å²) in [7, 11) is 0. The Bertz CT molecular complexity index is 228. The first-order valence-corrected chi connectivity index (χ1v) is 3.89. The first kappa shape index (κ1) is 7.88. The number of rotatable bonds is 4. The van der Waals surface area contributed by atoms with Crippen LogP contribution in [0.5, 0.6) is 10.8 Å². The Morgan fingerprint density at radius 2 is 2.00 bits per heavy atom. The highest BCUT2D eigenvalue weighted by Gasteiger charge is 2.02. The SMILES string of the molecule is C=COc1ccsc1OC=C. The molecule has 0 bridgehead atoms. The second-order valence-electron chi connectivity index (χ2n) is 1.64. The topological polar surface area (TPSA) is 18.5 Å². The van der Waals surface area contributed by atoms with Crippen molar-refractivity contribution in [3.8, 4) is 10.8 Å². The molecule has 0 unspecified atom stereocenters. The molecule has 0 fully saturated rings. The lowest BCUT2D eigenvalue weighted by atomic mass is 10.6. The molecule has 1 heterocycles. The fourth-order valence-electron chi connectivity index (χ4n) is 0.622. The Labute approximate surface area is 69.4 Å². The van der Waals surface area contributed by atoms with Crippen molar-refractivity contribution in [2.75, 3.05) is 0 Å². The van der Waals surface area contributed by atoms with Gasteiger partial charge in [0.05, 0.1) is 12.5 Å². The van der Waals surface area contributed by atoms with E-state index in [1.165, 1.54) is 23.9 Å². The number of hydrogen-bond acceptors (Lipinski definition) is 3. The second kappa shape index (κ2) is 3.83. The fraction of sp³-hybridized carbons (Fsp3) is 0. The molecule has 0 aliphatic carbocycles. The van der Waals surface area contributed by atoms with Gasteiger partial charge in [-0.05, 0) is 11.4 Å². The molecule has 3 heteroatoms. The molecule has 0 spiro atoms. The zero-order chi connectivity index (χ0) is 8.10. The number of thiophene rings is 1. The van der Waals surface area contributed by atoms with Gasteiger partial charge in [-0.3, -0.25) is 0 Å². The van der Waals surface area contributed by atoms with Crippen molar-refractivity contribution in [1.82, 2.24) is 0 Å². The molecule has 11 heavy (non-hydrogen) atoms. The minimum absolute atomic E-state index is 0.671. The van der Waals surface area contributed by atoms with Crippen LogP contribution in [0.4, 0.5) is 0 Å². The van der Waals surface area contributed by atoms with E-state index in [-0.39, 0.29) is 0 Å². The molecule has 0 atom stereocenters. The summed E-state index contributed by atoms with van der Waals surface area (Å²) < 4.78 is 10.1. The van der Waals surface area contributed by atoms with E-state index in [1.54, 1.807) is 0 Å². The molecule has 0 aromatic carbocycles. The molecule has 0 aliphatic heterocycles. The van der Waals surface area contributed by atoms with Crippen molar-refractivity contribution in [2.45, 2.75) is 0 Å². The van der Waals surface area contributed by atoms with Crippen LogP contribution in [0.3, 0.4) is 0 Å². The summed E-state index contributed by atoms with van der Waals surface area (Å²) in [6.45, 7) is 6.88. The van der Waals surface area contributed by atoms with Gasteiger partial charge in [0.2, 0.25) is 5.06 Å². The zero-order valence-electron chi connectivity index (χ0n) is 5.95. The normalized spacial score (nSPS) is 8.73. The van der Waals surface area contributed by atoms with E-state index < -0.39 is 0 Å². The maximum Gasteiger partial charge on any atom is 0.222 e. The minimum atomic E-state index is 0.671. The van der Waals surface area contributed by atoms with Crippen LogP contribution in [0.1, 0.15) is 0 Å². The molecule has 58 valence electrons. The predicted octanol–water partition coefficient (Wildman–Crippen LogP) is 2.79. The lowest BCUT2D eigenvalue weighted by molar-refractivity contribution is 0.429. The highest BCUT2D eigenvalue weighted by molar-refractivity contribution is 7.12. The van der Waals surface area contributed by atoms with Crippen LogP contribution < -0.4 is 9.47 Å². The van der Waals surface area contributed by atoms with Crippen LogP contribution in [-0.4, -0.2) is 0 Å². The van der Waals surface area contributed by atoms with Gasteiger partial charge in [0.25, 0.3) is 0 Å². The molecule has 0 radical (unpaired) electrons. The summed E-state index contributed by atoms with van der Waals surface area (Å²) in [6, 6.07) is 1.81. The monoisotopic (exact) mass is 168 g/mol. The van der Waals surface area contributed by atoms with Gasteiger partial charge in [0.1, 0.15) is 0 Å². The molecule has 1 aromatic heterocycles. The third kappa shape index (κ3) is 1.85. The summed E-state index contributed by atoms with van der Waals surface area (Å²) in [5.41, 5.74) is 0. The average molecular weight is 168 g/mol. The summed E-state index contributed by atoms with van der Waals surface area (Å²) in [4.78, 5) is 0. The van der Waals surface area contributed by atoms with Gasteiger partial charge in [0.15, 0.2) is 5.75 Å². The largest absolute Gasteiger partial charge is 0.461 e. The Kier molecular flexibility index (Phi) is 2.74. The van der Waals surface area contributed by atoms with Crippen LogP contribution in [0, 0.1) is 0 Å². The van der Waals surface area contributed by atoms with Gasteiger partial charge in [-0.25, -0.2) is 0 Å². The van der Waals surface area contributed by atoms with Crippen molar-refractivity contribution in [3.05, 3.63) is 37.1 Å². The van der Waals surface area contributed by atoms with Crippen LogP contribution >= 0.6 is 11.3 Å². The maximum atomic E-state index is 5.04. The van der Waals surface area contributed by atoms with Gasteiger partial charge in [0, 0.05) is 0 Å². The van der Waals surface area contributed by atoms with E-state index in [9.17, 15) is 0 Å². The van der Waals surface area contributed by atoms with E-state index in [0.717, 1.165) is 0 Å². The van der Waals surface area contributed by atoms with Crippen molar-refractivity contribution in [2.24, 2.45) is 0 Å². The van der Waals surface area contributed by atoms with E-state index >= 15 is 0 Å². The summed E-state index contributed by atoms with van der Waals surface area (Å²) in [5.74, 6) is 0.671. The van der Waals surface area contributed by atoms with Crippen molar-refractivity contribution < 1.29 is 9.47 Å².